The van der Waals surface area contributed by atoms with Gasteiger partial charge in [-0.2, -0.15) is 0 Å². The minimum atomic E-state index is -2.04. The third-order valence-electron chi connectivity index (χ3n) is 3.93. The molecular formula is C17H13ClFNO4. The molecule has 1 aliphatic rings. The van der Waals surface area contributed by atoms with E-state index in [4.69, 9.17) is 16.3 Å². The molecule has 0 aliphatic carbocycles. The summed E-state index contributed by atoms with van der Waals surface area (Å²) in [6, 6.07) is 7.99. The number of methoxy groups -OCH3 is 1. The first-order valence-corrected chi connectivity index (χ1v) is 7.43. The van der Waals surface area contributed by atoms with E-state index in [0.717, 1.165) is 12.1 Å². The third kappa shape index (κ3) is 2.64. The number of carbonyl (C=O) groups is 2. The molecule has 1 atom stereocenters. The van der Waals surface area contributed by atoms with Gasteiger partial charge in [-0.15, -0.1) is 0 Å². The molecule has 0 radical (unpaired) electrons. The molecule has 0 unspecified atom stereocenters. The van der Waals surface area contributed by atoms with Crippen molar-refractivity contribution in [2.24, 2.45) is 0 Å². The molecule has 0 aromatic heterocycles. The summed E-state index contributed by atoms with van der Waals surface area (Å²) in [7, 11) is 1.30. The largest absolute Gasteiger partial charge is 0.496 e. The highest BCUT2D eigenvalue weighted by Gasteiger charge is 2.47. The number of fused-ring (bicyclic) bond motifs is 1. The SMILES string of the molecule is COc1cc(F)ccc1C(=O)C[C@]1(O)C(=O)Nc2ccc(Cl)cc21. The van der Waals surface area contributed by atoms with Crippen LogP contribution in [0.5, 0.6) is 5.75 Å². The molecule has 5 nitrogen and oxygen atoms in total. The standard InChI is InChI=1S/C17H13ClFNO4/c1-24-15-7-10(19)3-4-11(15)14(21)8-17(23)12-6-9(18)2-5-13(12)20-16(17)22/h2-7,23H,8H2,1H3,(H,20,22)/t17-/m1/s1. The van der Waals surface area contributed by atoms with E-state index < -0.39 is 29.5 Å². The second-order valence-electron chi connectivity index (χ2n) is 5.45. The van der Waals surface area contributed by atoms with Gasteiger partial charge in [0.25, 0.3) is 5.91 Å². The number of ether oxygens (including phenoxy) is 1. The number of benzene rings is 2. The number of rotatable bonds is 4. The highest BCUT2D eigenvalue weighted by molar-refractivity contribution is 6.31. The molecule has 3 rings (SSSR count). The van der Waals surface area contributed by atoms with Crippen LogP contribution < -0.4 is 10.1 Å². The summed E-state index contributed by atoms with van der Waals surface area (Å²) < 4.78 is 18.3. The predicted molar refractivity (Wildman–Crippen MR) is 85.9 cm³/mol. The quantitative estimate of drug-likeness (QED) is 0.832. The molecule has 24 heavy (non-hydrogen) atoms. The van der Waals surface area contributed by atoms with Crippen LogP contribution in [0.1, 0.15) is 22.3 Å². The summed E-state index contributed by atoms with van der Waals surface area (Å²) >= 11 is 5.92. The number of halogens is 2. The van der Waals surface area contributed by atoms with Gasteiger partial charge in [-0.05, 0) is 30.3 Å². The van der Waals surface area contributed by atoms with Crippen molar-refractivity contribution in [1.82, 2.24) is 0 Å². The van der Waals surface area contributed by atoms with Crippen LogP contribution in [0.3, 0.4) is 0 Å². The van der Waals surface area contributed by atoms with Crippen molar-refractivity contribution in [3.05, 3.63) is 58.4 Å². The molecule has 7 heteroatoms. The van der Waals surface area contributed by atoms with E-state index >= 15 is 0 Å². The van der Waals surface area contributed by atoms with Gasteiger partial charge >= 0.3 is 0 Å². The minimum Gasteiger partial charge on any atom is -0.496 e. The first-order valence-electron chi connectivity index (χ1n) is 7.06. The summed E-state index contributed by atoms with van der Waals surface area (Å²) in [6.45, 7) is 0. The highest BCUT2D eigenvalue weighted by Crippen LogP contribution is 2.40. The molecule has 124 valence electrons. The molecule has 0 saturated carbocycles. The maximum atomic E-state index is 13.3. The topological polar surface area (TPSA) is 75.6 Å². The fourth-order valence-corrected chi connectivity index (χ4v) is 2.89. The molecule has 0 bridgehead atoms. The lowest BCUT2D eigenvalue weighted by Crippen LogP contribution is -2.36. The first kappa shape index (κ1) is 16.4. The van der Waals surface area contributed by atoms with E-state index in [1.54, 1.807) is 12.1 Å². The van der Waals surface area contributed by atoms with E-state index in [9.17, 15) is 19.1 Å². The van der Waals surface area contributed by atoms with Crippen LogP contribution in [0.15, 0.2) is 36.4 Å². The average Bonchev–Trinajstić information content (AvgIpc) is 2.78. The minimum absolute atomic E-state index is 0.0355. The lowest BCUT2D eigenvalue weighted by molar-refractivity contribution is -0.133. The van der Waals surface area contributed by atoms with Gasteiger partial charge in [-0.1, -0.05) is 11.6 Å². The number of carbonyl (C=O) groups excluding carboxylic acids is 2. The Morgan fingerprint density at radius 3 is 2.79 bits per heavy atom. The van der Waals surface area contributed by atoms with Crippen molar-refractivity contribution in [1.29, 1.82) is 0 Å². The Hall–Kier alpha value is -2.44. The van der Waals surface area contributed by atoms with E-state index in [1.165, 1.54) is 19.2 Å². The van der Waals surface area contributed by atoms with E-state index in [-0.39, 0.29) is 16.9 Å². The van der Waals surface area contributed by atoms with E-state index in [2.05, 4.69) is 5.32 Å². The van der Waals surface area contributed by atoms with Gasteiger partial charge < -0.3 is 15.2 Å². The average molecular weight is 350 g/mol. The van der Waals surface area contributed by atoms with Gasteiger partial charge in [0.15, 0.2) is 11.4 Å². The van der Waals surface area contributed by atoms with Crippen LogP contribution >= 0.6 is 11.6 Å². The molecule has 1 aliphatic heterocycles. The second-order valence-corrected chi connectivity index (χ2v) is 5.89. The predicted octanol–water partition coefficient (Wildman–Crippen LogP) is 2.90. The van der Waals surface area contributed by atoms with Crippen molar-refractivity contribution >= 4 is 29.0 Å². The molecule has 0 saturated heterocycles. The van der Waals surface area contributed by atoms with Crippen LogP contribution in [-0.4, -0.2) is 23.9 Å². The Bertz CT molecular complexity index is 854. The van der Waals surface area contributed by atoms with Gasteiger partial charge in [0.05, 0.1) is 19.1 Å². The van der Waals surface area contributed by atoms with Gasteiger partial charge in [-0.25, -0.2) is 4.39 Å². The number of anilines is 1. The third-order valence-corrected chi connectivity index (χ3v) is 4.17. The number of amides is 1. The fraction of sp³-hybridized carbons (Fsp3) is 0.176. The normalized spacial score (nSPS) is 18.9. The molecule has 2 aromatic carbocycles. The summed E-state index contributed by atoms with van der Waals surface area (Å²) in [6.07, 6.45) is -0.520. The molecule has 1 heterocycles. The first-order chi connectivity index (χ1) is 11.3. The second kappa shape index (κ2) is 5.89. The van der Waals surface area contributed by atoms with Crippen molar-refractivity contribution in [2.75, 3.05) is 12.4 Å². The Morgan fingerprint density at radius 1 is 1.33 bits per heavy atom. The number of hydrogen-bond acceptors (Lipinski definition) is 4. The highest BCUT2D eigenvalue weighted by atomic mass is 35.5. The van der Waals surface area contributed by atoms with Crippen LogP contribution in [0.25, 0.3) is 0 Å². The summed E-state index contributed by atoms with van der Waals surface area (Å²) in [5, 5.41) is 13.6. The van der Waals surface area contributed by atoms with Gasteiger partial charge in [0.1, 0.15) is 11.6 Å². The Morgan fingerprint density at radius 2 is 2.08 bits per heavy atom. The van der Waals surface area contributed by atoms with E-state index in [1.807, 2.05) is 0 Å². The lowest BCUT2D eigenvalue weighted by Gasteiger charge is -2.20. The summed E-state index contributed by atoms with van der Waals surface area (Å²) in [5.74, 6) is -1.79. The zero-order chi connectivity index (χ0) is 17.5. The van der Waals surface area contributed by atoms with Gasteiger partial charge in [0.2, 0.25) is 0 Å². The van der Waals surface area contributed by atoms with Crippen molar-refractivity contribution in [3.63, 3.8) is 0 Å². The number of Topliss-reactive ketones (excluding diaryl/α,β-unsaturated/α-hetero) is 1. The number of aliphatic hydroxyl groups is 1. The smallest absolute Gasteiger partial charge is 0.261 e. The van der Waals surface area contributed by atoms with E-state index in [0.29, 0.717) is 10.7 Å². The summed E-state index contributed by atoms with van der Waals surface area (Å²) in [4.78, 5) is 24.8. The Kier molecular flexibility index (Phi) is 4.03. The van der Waals surface area contributed by atoms with Crippen LogP contribution in [0.2, 0.25) is 5.02 Å². The maximum absolute atomic E-state index is 13.3. The molecule has 0 fully saturated rings. The Labute approximate surface area is 142 Å². The number of hydrogen-bond donors (Lipinski definition) is 2. The molecule has 2 N–H and O–H groups in total. The van der Waals surface area contributed by atoms with Gasteiger partial charge in [0, 0.05) is 22.3 Å². The molecule has 2 aromatic rings. The Balaban J connectivity index is 1.98. The zero-order valence-electron chi connectivity index (χ0n) is 12.6. The number of nitrogens with one attached hydrogen (secondary N) is 1. The summed E-state index contributed by atoms with van der Waals surface area (Å²) in [5.41, 5.74) is -1.34. The fourth-order valence-electron chi connectivity index (χ4n) is 2.71. The molecular weight excluding hydrogens is 337 g/mol. The number of ketones is 1. The van der Waals surface area contributed by atoms with Crippen LogP contribution in [0.4, 0.5) is 10.1 Å². The van der Waals surface area contributed by atoms with Crippen molar-refractivity contribution < 1.29 is 23.8 Å². The maximum Gasteiger partial charge on any atom is 0.261 e. The van der Waals surface area contributed by atoms with Crippen molar-refractivity contribution in [2.45, 2.75) is 12.0 Å². The van der Waals surface area contributed by atoms with Crippen LogP contribution in [-0.2, 0) is 10.4 Å². The molecule has 0 spiro atoms. The van der Waals surface area contributed by atoms with Crippen LogP contribution in [0, 0.1) is 5.82 Å². The zero-order valence-corrected chi connectivity index (χ0v) is 13.4. The van der Waals surface area contributed by atoms with Gasteiger partial charge in [-0.3, -0.25) is 9.59 Å². The monoisotopic (exact) mass is 349 g/mol. The van der Waals surface area contributed by atoms with Crippen molar-refractivity contribution in [3.8, 4) is 5.75 Å². The molecule has 1 amide bonds. The lowest BCUT2D eigenvalue weighted by atomic mass is 9.88.